The standard InChI is InChI=1S/C29H34ClF3N4O3/c1-28(2,3)15-22-29(17-13-19(31)20(32)14-21(17)35-27(29)39)23(16-5-4-6-18(30)24(16)33)25(36-22)26(38)34-7-8-37-9-11-40-12-10-37/h4-6,13-14,22-23,25,36H,7-12,15H2,1-3H3,(H,34,38)(H,35,39)/t22-,23+,25-,29+/m1/s1. The maximum Gasteiger partial charge on any atom is 0.237 e. The Morgan fingerprint density at radius 3 is 2.58 bits per heavy atom. The maximum atomic E-state index is 15.8. The third-order valence-corrected chi connectivity index (χ3v) is 8.42. The average molecular weight is 579 g/mol. The number of anilines is 1. The van der Waals surface area contributed by atoms with Gasteiger partial charge in [-0.3, -0.25) is 14.5 Å². The fourth-order valence-electron chi connectivity index (χ4n) is 6.44. The highest BCUT2D eigenvalue weighted by atomic mass is 35.5. The predicted octanol–water partition coefficient (Wildman–Crippen LogP) is 3.96. The van der Waals surface area contributed by atoms with Crippen LogP contribution < -0.4 is 16.0 Å². The first kappa shape index (κ1) is 28.9. The summed E-state index contributed by atoms with van der Waals surface area (Å²) in [5.41, 5.74) is -1.62. The van der Waals surface area contributed by atoms with E-state index < -0.39 is 52.7 Å². The molecular formula is C29H34ClF3N4O3. The molecule has 216 valence electrons. The molecule has 0 unspecified atom stereocenters. The van der Waals surface area contributed by atoms with Gasteiger partial charge in [-0.15, -0.1) is 0 Å². The molecular weight excluding hydrogens is 545 g/mol. The minimum atomic E-state index is -1.62. The zero-order chi connectivity index (χ0) is 28.8. The molecule has 1 spiro atoms. The molecule has 0 aliphatic carbocycles. The Hall–Kier alpha value is -2.66. The van der Waals surface area contributed by atoms with Crippen molar-refractivity contribution in [2.24, 2.45) is 5.41 Å². The largest absolute Gasteiger partial charge is 0.379 e. The summed E-state index contributed by atoms with van der Waals surface area (Å²) in [5, 5.41) is 8.82. The first-order valence-corrected chi connectivity index (χ1v) is 13.9. The zero-order valence-electron chi connectivity index (χ0n) is 22.8. The lowest BCUT2D eigenvalue weighted by Gasteiger charge is -2.37. The van der Waals surface area contributed by atoms with Gasteiger partial charge < -0.3 is 20.7 Å². The highest BCUT2D eigenvalue weighted by Crippen LogP contribution is 2.57. The van der Waals surface area contributed by atoms with E-state index in [0.717, 1.165) is 25.2 Å². The van der Waals surface area contributed by atoms with Crippen molar-refractivity contribution in [2.45, 2.75) is 50.6 Å². The smallest absolute Gasteiger partial charge is 0.237 e. The molecule has 2 aromatic rings. The number of carbonyl (C=O) groups excluding carboxylic acids is 2. The SMILES string of the molecule is CC(C)(C)C[C@H]1N[C@@H](C(=O)NCCN2CCOCC2)[C@H](c2cccc(Cl)c2F)[C@@]12C(=O)Nc1cc(F)c(F)cc12. The van der Waals surface area contributed by atoms with Crippen molar-refractivity contribution in [1.29, 1.82) is 0 Å². The Morgan fingerprint density at radius 2 is 1.88 bits per heavy atom. The summed E-state index contributed by atoms with van der Waals surface area (Å²) in [6, 6.07) is 4.59. The lowest BCUT2D eigenvalue weighted by atomic mass is 9.62. The minimum absolute atomic E-state index is 0.0532. The fourth-order valence-corrected chi connectivity index (χ4v) is 6.62. The molecule has 2 amide bonds. The van der Waals surface area contributed by atoms with E-state index in [2.05, 4.69) is 20.9 Å². The molecule has 0 aromatic heterocycles. The van der Waals surface area contributed by atoms with Gasteiger partial charge >= 0.3 is 0 Å². The van der Waals surface area contributed by atoms with Gasteiger partial charge in [-0.25, -0.2) is 13.2 Å². The topological polar surface area (TPSA) is 82.7 Å². The van der Waals surface area contributed by atoms with Gasteiger partial charge in [0.15, 0.2) is 11.6 Å². The molecule has 0 radical (unpaired) electrons. The molecule has 2 saturated heterocycles. The summed E-state index contributed by atoms with van der Waals surface area (Å²) in [6.07, 6.45) is 0.384. The van der Waals surface area contributed by atoms with E-state index in [1.807, 2.05) is 20.8 Å². The lowest BCUT2D eigenvalue weighted by Crippen LogP contribution is -2.49. The quantitative estimate of drug-likeness (QED) is 0.484. The van der Waals surface area contributed by atoms with Gasteiger partial charge in [-0.1, -0.05) is 44.5 Å². The number of amides is 2. The summed E-state index contributed by atoms with van der Waals surface area (Å²) in [4.78, 5) is 30.0. The van der Waals surface area contributed by atoms with Crippen molar-refractivity contribution in [2.75, 3.05) is 44.7 Å². The van der Waals surface area contributed by atoms with Gasteiger partial charge in [0.25, 0.3) is 0 Å². The number of nitrogens with zero attached hydrogens (tertiary/aromatic N) is 1. The summed E-state index contributed by atoms with van der Waals surface area (Å²) in [7, 11) is 0. The molecule has 0 bridgehead atoms. The highest BCUT2D eigenvalue weighted by molar-refractivity contribution is 6.30. The Balaban J connectivity index is 1.61. The van der Waals surface area contributed by atoms with Gasteiger partial charge in [0.2, 0.25) is 11.8 Å². The molecule has 40 heavy (non-hydrogen) atoms. The van der Waals surface area contributed by atoms with Crippen molar-refractivity contribution in [3.05, 3.63) is 63.9 Å². The normalized spacial score (nSPS) is 26.7. The first-order chi connectivity index (χ1) is 18.9. The van der Waals surface area contributed by atoms with E-state index in [4.69, 9.17) is 16.3 Å². The van der Waals surface area contributed by atoms with Crippen LogP contribution in [0.2, 0.25) is 5.02 Å². The molecule has 2 fully saturated rings. The van der Waals surface area contributed by atoms with Crippen LogP contribution in [-0.4, -0.2) is 68.2 Å². The van der Waals surface area contributed by atoms with Gasteiger partial charge in [-0.05, 0) is 35.1 Å². The van der Waals surface area contributed by atoms with E-state index in [1.54, 1.807) is 6.07 Å². The Labute approximate surface area is 236 Å². The molecule has 7 nitrogen and oxygen atoms in total. The molecule has 11 heteroatoms. The molecule has 3 aliphatic heterocycles. The van der Waals surface area contributed by atoms with Crippen LogP contribution in [0, 0.1) is 22.9 Å². The van der Waals surface area contributed by atoms with Gasteiger partial charge in [0, 0.05) is 49.9 Å². The van der Waals surface area contributed by atoms with Crippen LogP contribution in [0.25, 0.3) is 0 Å². The van der Waals surface area contributed by atoms with Crippen LogP contribution in [-0.2, 0) is 19.7 Å². The fraction of sp³-hybridized carbons (Fsp3) is 0.517. The Bertz CT molecular complexity index is 1310. The maximum absolute atomic E-state index is 15.8. The molecule has 3 aliphatic rings. The van der Waals surface area contributed by atoms with Crippen molar-refractivity contribution in [3.8, 4) is 0 Å². The number of halogens is 4. The number of morpholine rings is 1. The summed E-state index contributed by atoms with van der Waals surface area (Å²) < 4.78 is 50.2. The van der Waals surface area contributed by atoms with Crippen LogP contribution in [0.3, 0.4) is 0 Å². The van der Waals surface area contributed by atoms with Crippen LogP contribution in [0.1, 0.15) is 44.2 Å². The van der Waals surface area contributed by atoms with E-state index >= 15 is 4.39 Å². The van der Waals surface area contributed by atoms with Crippen molar-refractivity contribution in [3.63, 3.8) is 0 Å². The van der Waals surface area contributed by atoms with Crippen LogP contribution in [0.4, 0.5) is 18.9 Å². The summed E-state index contributed by atoms with van der Waals surface area (Å²) >= 11 is 6.19. The Kier molecular flexibility index (Phi) is 7.91. The molecule has 2 aromatic carbocycles. The third-order valence-electron chi connectivity index (χ3n) is 8.13. The van der Waals surface area contributed by atoms with E-state index in [-0.39, 0.29) is 27.3 Å². The second kappa shape index (κ2) is 11.0. The molecule has 4 atom stereocenters. The van der Waals surface area contributed by atoms with E-state index in [0.29, 0.717) is 32.7 Å². The van der Waals surface area contributed by atoms with E-state index in [1.165, 1.54) is 12.1 Å². The van der Waals surface area contributed by atoms with Crippen LogP contribution in [0.5, 0.6) is 0 Å². The monoisotopic (exact) mass is 578 g/mol. The Morgan fingerprint density at radius 1 is 1.18 bits per heavy atom. The van der Waals surface area contributed by atoms with Crippen molar-refractivity contribution < 1.29 is 27.5 Å². The summed E-state index contributed by atoms with van der Waals surface area (Å²) in [6.45, 7) is 9.62. The number of fused-ring (bicyclic) bond motifs is 2. The molecule has 3 heterocycles. The van der Waals surface area contributed by atoms with Gasteiger partial charge in [-0.2, -0.15) is 0 Å². The number of rotatable bonds is 6. The minimum Gasteiger partial charge on any atom is -0.379 e. The zero-order valence-corrected chi connectivity index (χ0v) is 23.5. The number of benzene rings is 2. The highest BCUT2D eigenvalue weighted by Gasteiger charge is 2.66. The number of hydrogen-bond donors (Lipinski definition) is 3. The van der Waals surface area contributed by atoms with E-state index in [9.17, 15) is 18.4 Å². The molecule has 5 rings (SSSR count). The predicted molar refractivity (Wildman–Crippen MR) is 146 cm³/mol. The summed E-state index contributed by atoms with van der Waals surface area (Å²) in [5.74, 6) is -5.08. The average Bonchev–Trinajstić information content (AvgIpc) is 3.36. The lowest BCUT2D eigenvalue weighted by molar-refractivity contribution is -0.124. The molecule has 3 N–H and O–H groups in total. The number of hydrogen-bond acceptors (Lipinski definition) is 5. The van der Waals surface area contributed by atoms with Crippen molar-refractivity contribution in [1.82, 2.24) is 15.5 Å². The molecule has 0 saturated carbocycles. The number of carbonyl (C=O) groups is 2. The van der Waals surface area contributed by atoms with Crippen molar-refractivity contribution >= 4 is 29.1 Å². The second-order valence-corrected chi connectivity index (χ2v) is 12.4. The van der Waals surface area contributed by atoms with Gasteiger partial charge in [0.1, 0.15) is 11.2 Å². The second-order valence-electron chi connectivity index (χ2n) is 12.0. The number of nitrogens with one attached hydrogen (secondary N) is 3. The van der Waals surface area contributed by atoms with Crippen LogP contribution in [0.15, 0.2) is 30.3 Å². The van der Waals surface area contributed by atoms with Crippen LogP contribution >= 0.6 is 11.6 Å². The first-order valence-electron chi connectivity index (χ1n) is 13.5. The van der Waals surface area contributed by atoms with Gasteiger partial charge in [0.05, 0.1) is 24.3 Å². The number of ether oxygens (including phenoxy) is 1. The third kappa shape index (κ3) is 5.11.